The number of hydrogen-bond donors (Lipinski definition) is 0. The SMILES string of the molecule is COc1ccccc1CCn1c(=O)n([C@H](C)C(=O)OC(C)(C)C)c(=O)c2c(C)c(-c3ncco3)sc21. The molecule has 3 aromatic heterocycles. The molecule has 0 N–H and O–H groups in total. The zero-order valence-corrected chi connectivity index (χ0v) is 22.0. The van der Waals surface area contributed by atoms with Crippen LogP contribution in [0.1, 0.15) is 44.9 Å². The van der Waals surface area contributed by atoms with Crippen molar-refractivity contribution in [3.8, 4) is 16.5 Å². The van der Waals surface area contributed by atoms with E-state index < -0.39 is 28.9 Å². The number of methoxy groups -OCH3 is 1. The van der Waals surface area contributed by atoms with Gasteiger partial charge in [0.15, 0.2) is 0 Å². The van der Waals surface area contributed by atoms with Crippen LogP contribution in [0.15, 0.2) is 50.7 Å². The van der Waals surface area contributed by atoms with Gasteiger partial charge in [0.25, 0.3) is 5.56 Å². The standard InChI is InChI=1S/C26H29N3O6S/c1-15-19-22(30)29(16(2)24(31)35-26(3,4)5)25(32)28(13-11-17-9-7-8-10-18(17)33-6)23(19)36-20(15)21-27-12-14-34-21/h7-10,12,14,16H,11,13H2,1-6H3/t16-/m1/s1. The summed E-state index contributed by atoms with van der Waals surface area (Å²) in [5, 5.41) is 0.350. The van der Waals surface area contributed by atoms with Crippen LogP contribution in [0.3, 0.4) is 0 Å². The lowest BCUT2D eigenvalue weighted by atomic mass is 10.1. The Morgan fingerprint density at radius 2 is 1.94 bits per heavy atom. The van der Waals surface area contributed by atoms with Gasteiger partial charge in [0, 0.05) is 6.54 Å². The maximum absolute atomic E-state index is 13.8. The number of fused-ring (bicyclic) bond motifs is 1. The Bertz CT molecular complexity index is 1520. The van der Waals surface area contributed by atoms with Gasteiger partial charge in [-0.3, -0.25) is 9.36 Å². The summed E-state index contributed by atoms with van der Waals surface area (Å²) in [6.45, 7) is 8.77. The third kappa shape index (κ3) is 4.73. The molecule has 0 fully saturated rings. The first-order chi connectivity index (χ1) is 17.0. The molecule has 0 bridgehead atoms. The Balaban J connectivity index is 1.91. The van der Waals surface area contributed by atoms with Crippen molar-refractivity contribution < 1.29 is 18.7 Å². The van der Waals surface area contributed by atoms with E-state index in [0.29, 0.717) is 38.7 Å². The number of carbonyl (C=O) groups is 1. The van der Waals surface area contributed by atoms with Crippen LogP contribution in [-0.4, -0.2) is 32.8 Å². The molecule has 36 heavy (non-hydrogen) atoms. The monoisotopic (exact) mass is 511 g/mol. The highest BCUT2D eigenvalue weighted by Crippen LogP contribution is 2.35. The fraction of sp³-hybridized carbons (Fsp3) is 0.385. The Kier molecular flexibility index (Phi) is 6.90. The first-order valence-electron chi connectivity index (χ1n) is 11.6. The quantitative estimate of drug-likeness (QED) is 0.340. The fourth-order valence-corrected chi connectivity index (χ4v) is 5.34. The Labute approximate surface area is 211 Å². The summed E-state index contributed by atoms with van der Waals surface area (Å²) in [5.41, 5.74) is -0.342. The predicted octanol–water partition coefficient (Wildman–Crippen LogP) is 4.34. The molecule has 0 aliphatic carbocycles. The van der Waals surface area contributed by atoms with Crippen LogP contribution < -0.4 is 16.0 Å². The van der Waals surface area contributed by atoms with Gasteiger partial charge in [0.2, 0.25) is 5.89 Å². The maximum atomic E-state index is 13.8. The largest absolute Gasteiger partial charge is 0.496 e. The van der Waals surface area contributed by atoms with E-state index in [1.54, 1.807) is 34.8 Å². The van der Waals surface area contributed by atoms with E-state index in [4.69, 9.17) is 13.9 Å². The maximum Gasteiger partial charge on any atom is 0.332 e. The highest BCUT2D eigenvalue weighted by molar-refractivity contribution is 7.22. The highest BCUT2D eigenvalue weighted by atomic mass is 32.1. The minimum atomic E-state index is -1.12. The first kappa shape index (κ1) is 25.4. The molecule has 3 heterocycles. The number of para-hydroxylation sites is 1. The van der Waals surface area contributed by atoms with Gasteiger partial charge in [-0.1, -0.05) is 18.2 Å². The van der Waals surface area contributed by atoms with Crippen molar-refractivity contribution in [3.05, 3.63) is 68.7 Å². The fourth-order valence-electron chi connectivity index (χ4n) is 4.08. The van der Waals surface area contributed by atoms with Crippen LogP contribution in [-0.2, 0) is 22.5 Å². The third-order valence-electron chi connectivity index (χ3n) is 5.80. The molecule has 0 aliphatic heterocycles. The molecule has 0 saturated carbocycles. The molecule has 0 aliphatic rings. The van der Waals surface area contributed by atoms with Crippen LogP contribution in [0, 0.1) is 6.92 Å². The zero-order valence-electron chi connectivity index (χ0n) is 21.2. The van der Waals surface area contributed by atoms with Gasteiger partial charge >= 0.3 is 11.7 Å². The van der Waals surface area contributed by atoms with E-state index in [1.807, 2.05) is 24.3 Å². The molecular weight excluding hydrogens is 482 g/mol. The number of rotatable bonds is 7. The van der Waals surface area contributed by atoms with Crippen molar-refractivity contribution >= 4 is 27.5 Å². The first-order valence-corrected chi connectivity index (χ1v) is 12.4. The lowest BCUT2D eigenvalue weighted by Gasteiger charge is -2.23. The van der Waals surface area contributed by atoms with Gasteiger partial charge in [-0.25, -0.2) is 19.1 Å². The summed E-state index contributed by atoms with van der Waals surface area (Å²) in [7, 11) is 1.59. The zero-order chi connectivity index (χ0) is 26.2. The van der Waals surface area contributed by atoms with Crippen molar-refractivity contribution in [3.63, 3.8) is 0 Å². The number of aromatic nitrogens is 3. The summed E-state index contributed by atoms with van der Waals surface area (Å²) >= 11 is 1.27. The van der Waals surface area contributed by atoms with Crippen LogP contribution in [0.5, 0.6) is 5.75 Å². The van der Waals surface area contributed by atoms with Crippen LogP contribution >= 0.6 is 11.3 Å². The smallest absolute Gasteiger partial charge is 0.332 e. The Morgan fingerprint density at radius 1 is 1.22 bits per heavy atom. The summed E-state index contributed by atoms with van der Waals surface area (Å²) in [4.78, 5) is 45.7. The van der Waals surface area contributed by atoms with Gasteiger partial charge < -0.3 is 13.9 Å². The number of benzene rings is 1. The van der Waals surface area contributed by atoms with Gasteiger partial charge in [-0.15, -0.1) is 11.3 Å². The minimum absolute atomic E-state index is 0.266. The number of ether oxygens (including phenoxy) is 2. The van der Waals surface area contributed by atoms with Gasteiger partial charge in [-0.2, -0.15) is 0 Å². The number of esters is 1. The van der Waals surface area contributed by atoms with Crippen LogP contribution in [0.25, 0.3) is 21.0 Å². The molecule has 0 saturated heterocycles. The molecule has 0 radical (unpaired) electrons. The Morgan fingerprint density at radius 3 is 2.58 bits per heavy atom. The van der Waals surface area contributed by atoms with Crippen LogP contribution in [0.2, 0.25) is 0 Å². The average molecular weight is 512 g/mol. The molecule has 190 valence electrons. The van der Waals surface area contributed by atoms with E-state index in [-0.39, 0.29) is 6.54 Å². The number of nitrogens with zero attached hydrogens (tertiary/aromatic N) is 3. The van der Waals surface area contributed by atoms with E-state index in [9.17, 15) is 14.4 Å². The van der Waals surface area contributed by atoms with Crippen molar-refractivity contribution in [1.82, 2.24) is 14.1 Å². The molecule has 4 aromatic rings. The van der Waals surface area contributed by atoms with E-state index in [2.05, 4.69) is 4.98 Å². The summed E-state index contributed by atoms with van der Waals surface area (Å²) in [5.74, 6) is 0.418. The Hall–Kier alpha value is -3.66. The predicted molar refractivity (Wildman–Crippen MR) is 138 cm³/mol. The average Bonchev–Trinajstić information content (AvgIpc) is 3.46. The van der Waals surface area contributed by atoms with E-state index in [0.717, 1.165) is 10.1 Å². The van der Waals surface area contributed by atoms with Crippen molar-refractivity contribution in [2.45, 2.75) is 59.2 Å². The van der Waals surface area contributed by atoms with E-state index in [1.165, 1.54) is 35.3 Å². The molecule has 0 amide bonds. The lowest BCUT2D eigenvalue weighted by molar-refractivity contribution is -0.158. The summed E-state index contributed by atoms with van der Waals surface area (Å²) in [6, 6.07) is 6.45. The highest BCUT2D eigenvalue weighted by Gasteiger charge is 2.29. The van der Waals surface area contributed by atoms with E-state index >= 15 is 0 Å². The van der Waals surface area contributed by atoms with Crippen molar-refractivity contribution in [2.24, 2.45) is 0 Å². The lowest BCUT2D eigenvalue weighted by Crippen LogP contribution is -2.45. The number of thiophene rings is 1. The second kappa shape index (κ2) is 9.77. The second-order valence-corrected chi connectivity index (χ2v) is 10.5. The molecule has 0 unspecified atom stereocenters. The molecule has 0 spiro atoms. The van der Waals surface area contributed by atoms with Gasteiger partial charge in [0.1, 0.15) is 28.5 Å². The molecule has 1 atom stereocenters. The number of aryl methyl sites for hydroxylation is 3. The molecule has 4 rings (SSSR count). The van der Waals surface area contributed by atoms with Gasteiger partial charge in [0.05, 0.1) is 23.6 Å². The molecule has 10 heteroatoms. The summed E-state index contributed by atoms with van der Waals surface area (Å²) < 4.78 is 18.9. The molecule has 9 nitrogen and oxygen atoms in total. The number of oxazole rings is 1. The normalized spacial score (nSPS) is 12.6. The summed E-state index contributed by atoms with van der Waals surface area (Å²) in [6.07, 6.45) is 3.46. The number of carbonyl (C=O) groups excluding carboxylic acids is 1. The molecule has 1 aromatic carbocycles. The van der Waals surface area contributed by atoms with Crippen LogP contribution in [0.4, 0.5) is 0 Å². The second-order valence-electron chi connectivity index (χ2n) is 9.45. The van der Waals surface area contributed by atoms with Crippen molar-refractivity contribution in [1.29, 1.82) is 0 Å². The van der Waals surface area contributed by atoms with Crippen molar-refractivity contribution in [2.75, 3.05) is 7.11 Å². The third-order valence-corrected chi connectivity index (χ3v) is 7.10. The minimum Gasteiger partial charge on any atom is -0.496 e. The topological polar surface area (TPSA) is 106 Å². The number of hydrogen-bond acceptors (Lipinski definition) is 8. The van der Waals surface area contributed by atoms with Gasteiger partial charge in [-0.05, 0) is 58.2 Å². The molecular formula is C26H29N3O6S.